The molecule has 2 aromatic heterocycles. The van der Waals surface area contributed by atoms with Gasteiger partial charge in [0.15, 0.2) is 0 Å². The number of carbonyl (C=O) groups excluding carboxylic acids is 1. The van der Waals surface area contributed by atoms with Crippen LogP contribution >= 0.6 is 22.9 Å². The number of thiophene rings is 1. The molecule has 23 heavy (non-hydrogen) atoms. The van der Waals surface area contributed by atoms with Crippen LogP contribution in [0.3, 0.4) is 0 Å². The number of rotatable bonds is 5. The Morgan fingerprint density at radius 2 is 2.13 bits per heavy atom. The highest BCUT2D eigenvalue weighted by atomic mass is 35.5. The van der Waals surface area contributed by atoms with Crippen LogP contribution in [0.1, 0.15) is 28.2 Å². The molecule has 0 aliphatic carbocycles. The molecule has 122 valence electrons. The number of piperidine rings is 1. The molecular weight excluding hydrogens is 330 g/mol. The zero-order chi connectivity index (χ0) is 16.1. The van der Waals surface area contributed by atoms with Gasteiger partial charge < -0.3 is 5.32 Å². The third kappa shape index (κ3) is 4.77. The van der Waals surface area contributed by atoms with Crippen molar-refractivity contribution in [2.45, 2.75) is 19.4 Å². The number of carbonyl (C=O) groups is 1. The Labute approximate surface area is 145 Å². The minimum absolute atomic E-state index is 0.145. The third-order valence-corrected chi connectivity index (χ3v) is 5.24. The lowest BCUT2D eigenvalue weighted by Gasteiger charge is -2.31. The van der Waals surface area contributed by atoms with E-state index in [0.29, 0.717) is 23.3 Å². The van der Waals surface area contributed by atoms with E-state index in [0.717, 1.165) is 32.5 Å². The van der Waals surface area contributed by atoms with Gasteiger partial charge in [0, 0.05) is 18.0 Å². The van der Waals surface area contributed by atoms with Crippen molar-refractivity contribution >= 4 is 28.8 Å². The van der Waals surface area contributed by atoms with Gasteiger partial charge in [0.25, 0.3) is 5.91 Å². The smallest absolute Gasteiger partial charge is 0.269 e. The van der Waals surface area contributed by atoms with E-state index in [4.69, 9.17) is 11.6 Å². The highest BCUT2D eigenvalue weighted by Gasteiger charge is 2.20. The van der Waals surface area contributed by atoms with Crippen LogP contribution in [0.15, 0.2) is 35.7 Å². The summed E-state index contributed by atoms with van der Waals surface area (Å²) in [6.07, 6.45) is 2.24. The van der Waals surface area contributed by atoms with Gasteiger partial charge in [0.2, 0.25) is 0 Å². The SMILES string of the molecule is O=C(NCC1CCN(Cc2cccs2)CC1)c1cccc(Cl)n1. The van der Waals surface area contributed by atoms with E-state index in [2.05, 4.69) is 32.7 Å². The molecule has 4 nitrogen and oxygen atoms in total. The van der Waals surface area contributed by atoms with Gasteiger partial charge in [-0.05, 0) is 55.4 Å². The van der Waals surface area contributed by atoms with E-state index < -0.39 is 0 Å². The van der Waals surface area contributed by atoms with Crippen LogP contribution in [-0.2, 0) is 6.54 Å². The van der Waals surface area contributed by atoms with Crippen LogP contribution in [0, 0.1) is 5.92 Å². The lowest BCUT2D eigenvalue weighted by Crippen LogP contribution is -2.38. The van der Waals surface area contributed by atoms with Crippen LogP contribution in [-0.4, -0.2) is 35.4 Å². The van der Waals surface area contributed by atoms with E-state index in [9.17, 15) is 4.79 Å². The number of amides is 1. The van der Waals surface area contributed by atoms with Crippen molar-refractivity contribution in [1.82, 2.24) is 15.2 Å². The number of pyridine rings is 1. The number of likely N-dealkylation sites (tertiary alicyclic amines) is 1. The second kappa shape index (κ2) is 7.90. The molecule has 0 aromatic carbocycles. The number of aromatic nitrogens is 1. The van der Waals surface area contributed by atoms with E-state index >= 15 is 0 Å². The van der Waals surface area contributed by atoms with E-state index in [1.54, 1.807) is 18.2 Å². The number of nitrogens with one attached hydrogen (secondary N) is 1. The maximum atomic E-state index is 12.1. The molecule has 1 aliphatic rings. The average Bonchev–Trinajstić information content (AvgIpc) is 3.07. The lowest BCUT2D eigenvalue weighted by molar-refractivity contribution is 0.0930. The molecule has 0 bridgehead atoms. The maximum absolute atomic E-state index is 12.1. The summed E-state index contributed by atoms with van der Waals surface area (Å²) >= 11 is 7.63. The second-order valence-electron chi connectivity index (χ2n) is 5.85. The summed E-state index contributed by atoms with van der Waals surface area (Å²) in [5.41, 5.74) is 0.382. The number of hydrogen-bond donors (Lipinski definition) is 1. The predicted octanol–water partition coefficient (Wildman–Crippen LogP) is 3.44. The van der Waals surface area contributed by atoms with Crippen molar-refractivity contribution in [3.05, 3.63) is 51.4 Å². The normalized spacial score (nSPS) is 16.4. The largest absolute Gasteiger partial charge is 0.350 e. The van der Waals surface area contributed by atoms with Gasteiger partial charge in [-0.25, -0.2) is 4.98 Å². The summed E-state index contributed by atoms with van der Waals surface area (Å²) in [7, 11) is 0. The monoisotopic (exact) mass is 349 g/mol. The average molecular weight is 350 g/mol. The van der Waals surface area contributed by atoms with Crippen molar-refractivity contribution in [2.75, 3.05) is 19.6 Å². The first kappa shape index (κ1) is 16.4. The molecule has 0 unspecified atom stereocenters. The van der Waals surface area contributed by atoms with Crippen LogP contribution in [0.2, 0.25) is 5.15 Å². The van der Waals surface area contributed by atoms with Crippen molar-refractivity contribution in [3.8, 4) is 0 Å². The van der Waals surface area contributed by atoms with Gasteiger partial charge in [-0.2, -0.15) is 0 Å². The molecule has 1 amide bonds. The van der Waals surface area contributed by atoms with Gasteiger partial charge in [0.1, 0.15) is 10.8 Å². The Kier molecular flexibility index (Phi) is 5.65. The first-order valence-corrected chi connectivity index (χ1v) is 9.12. The highest BCUT2D eigenvalue weighted by Crippen LogP contribution is 2.20. The molecule has 1 aliphatic heterocycles. The van der Waals surface area contributed by atoms with Crippen molar-refractivity contribution in [3.63, 3.8) is 0 Å². The zero-order valence-corrected chi connectivity index (χ0v) is 14.4. The van der Waals surface area contributed by atoms with Gasteiger partial charge in [0.05, 0.1) is 0 Å². The molecule has 1 saturated heterocycles. The van der Waals surface area contributed by atoms with Gasteiger partial charge in [-0.3, -0.25) is 9.69 Å². The van der Waals surface area contributed by atoms with Gasteiger partial charge >= 0.3 is 0 Å². The second-order valence-corrected chi connectivity index (χ2v) is 7.27. The van der Waals surface area contributed by atoms with Gasteiger partial charge in [-0.1, -0.05) is 23.7 Å². The Balaban J connectivity index is 1.41. The van der Waals surface area contributed by atoms with E-state index in [1.807, 2.05) is 11.3 Å². The van der Waals surface area contributed by atoms with Crippen molar-refractivity contribution < 1.29 is 4.79 Å². The molecule has 6 heteroatoms. The third-order valence-electron chi connectivity index (χ3n) is 4.17. The minimum Gasteiger partial charge on any atom is -0.350 e. The van der Waals surface area contributed by atoms with Crippen LogP contribution in [0.4, 0.5) is 0 Å². The summed E-state index contributed by atoms with van der Waals surface area (Å²) in [6, 6.07) is 9.39. The molecule has 3 heterocycles. The molecule has 3 rings (SSSR count). The van der Waals surface area contributed by atoms with E-state index in [-0.39, 0.29) is 5.91 Å². The molecule has 2 aromatic rings. The first-order chi connectivity index (χ1) is 11.2. The molecule has 0 atom stereocenters. The number of halogens is 1. The first-order valence-electron chi connectivity index (χ1n) is 7.86. The summed E-state index contributed by atoms with van der Waals surface area (Å²) in [5, 5.41) is 5.45. The summed E-state index contributed by atoms with van der Waals surface area (Å²) < 4.78 is 0. The Morgan fingerprint density at radius 3 is 2.83 bits per heavy atom. The summed E-state index contributed by atoms with van der Waals surface area (Å²) in [5.74, 6) is 0.395. The van der Waals surface area contributed by atoms with Crippen molar-refractivity contribution in [1.29, 1.82) is 0 Å². The molecule has 1 N–H and O–H groups in total. The van der Waals surface area contributed by atoms with E-state index in [1.165, 1.54) is 4.88 Å². The summed E-state index contributed by atoms with van der Waals surface area (Å²) in [6.45, 7) is 3.94. The fraction of sp³-hybridized carbons (Fsp3) is 0.412. The number of hydrogen-bond acceptors (Lipinski definition) is 4. The lowest BCUT2D eigenvalue weighted by atomic mass is 9.96. The Morgan fingerprint density at radius 1 is 1.30 bits per heavy atom. The Bertz CT molecular complexity index is 639. The highest BCUT2D eigenvalue weighted by molar-refractivity contribution is 7.09. The fourth-order valence-electron chi connectivity index (χ4n) is 2.83. The maximum Gasteiger partial charge on any atom is 0.269 e. The minimum atomic E-state index is -0.145. The molecule has 0 spiro atoms. The molecular formula is C17H20ClN3OS. The van der Waals surface area contributed by atoms with Crippen LogP contribution in [0.5, 0.6) is 0 Å². The zero-order valence-electron chi connectivity index (χ0n) is 12.9. The predicted molar refractivity (Wildman–Crippen MR) is 93.9 cm³/mol. The fourth-order valence-corrected chi connectivity index (χ4v) is 3.74. The quantitative estimate of drug-likeness (QED) is 0.841. The van der Waals surface area contributed by atoms with Crippen LogP contribution < -0.4 is 5.32 Å². The van der Waals surface area contributed by atoms with Crippen LogP contribution in [0.25, 0.3) is 0 Å². The molecule has 0 saturated carbocycles. The topological polar surface area (TPSA) is 45.2 Å². The molecule has 0 radical (unpaired) electrons. The van der Waals surface area contributed by atoms with Crippen molar-refractivity contribution in [2.24, 2.45) is 5.92 Å². The standard InChI is InChI=1S/C17H20ClN3OS/c18-16-5-1-4-15(20-16)17(22)19-11-13-6-8-21(9-7-13)12-14-3-2-10-23-14/h1-5,10,13H,6-9,11-12H2,(H,19,22). The van der Waals surface area contributed by atoms with Gasteiger partial charge in [-0.15, -0.1) is 11.3 Å². The Hall–Kier alpha value is -1.43. The summed E-state index contributed by atoms with van der Waals surface area (Å²) in [4.78, 5) is 20.0. The molecule has 1 fully saturated rings. The number of nitrogens with zero attached hydrogens (tertiary/aromatic N) is 2.